The van der Waals surface area contributed by atoms with E-state index in [1.54, 1.807) is 24.4 Å². The second-order valence-corrected chi connectivity index (χ2v) is 5.53. The lowest BCUT2D eigenvalue weighted by Crippen LogP contribution is -2.17. The highest BCUT2D eigenvalue weighted by Crippen LogP contribution is 2.40. The number of carbonyl (C=O) groups is 1. The summed E-state index contributed by atoms with van der Waals surface area (Å²) in [5.74, 6) is -0.980. The highest BCUT2D eigenvalue weighted by molar-refractivity contribution is 6.02. The zero-order valence-corrected chi connectivity index (χ0v) is 13.6. The van der Waals surface area contributed by atoms with E-state index in [0.717, 1.165) is 0 Å². The van der Waals surface area contributed by atoms with Gasteiger partial charge in [-0.25, -0.2) is 0 Å². The molecule has 1 heterocycles. The highest BCUT2D eigenvalue weighted by atomic mass is 19.4. The molecule has 2 aromatic carbocycles. The van der Waals surface area contributed by atoms with Gasteiger partial charge in [-0.2, -0.15) is 0 Å². The Bertz CT molecular complexity index is 963. The van der Waals surface area contributed by atoms with E-state index in [0.29, 0.717) is 33.3 Å². The number of hydrogen-bond donors (Lipinski definition) is 2. The lowest BCUT2D eigenvalue weighted by Gasteiger charge is -2.14. The summed E-state index contributed by atoms with van der Waals surface area (Å²) in [7, 11) is 1.43. The fourth-order valence-electron chi connectivity index (χ4n) is 2.88. The molecule has 5 nitrogen and oxygen atoms in total. The van der Waals surface area contributed by atoms with Gasteiger partial charge in [0.15, 0.2) is 0 Å². The van der Waals surface area contributed by atoms with E-state index >= 15 is 0 Å². The number of hydrogen-bond acceptors (Lipinski definition) is 3. The van der Waals surface area contributed by atoms with Crippen molar-refractivity contribution in [1.29, 1.82) is 0 Å². The fourth-order valence-corrected chi connectivity index (χ4v) is 2.88. The van der Waals surface area contributed by atoms with Crippen LogP contribution in [-0.4, -0.2) is 29.5 Å². The van der Waals surface area contributed by atoms with Gasteiger partial charge in [-0.1, -0.05) is 12.1 Å². The van der Waals surface area contributed by atoms with Gasteiger partial charge in [0, 0.05) is 22.7 Å². The fraction of sp³-hybridized carbons (Fsp3) is 0.167. The number of ether oxygens (including phenoxy) is 2. The normalized spacial score (nSPS) is 11.5. The van der Waals surface area contributed by atoms with Crippen LogP contribution >= 0.6 is 0 Å². The number of H-pyrrole nitrogens is 1. The third kappa shape index (κ3) is 3.58. The number of halogens is 3. The molecule has 0 aliphatic carbocycles. The number of benzene rings is 2. The van der Waals surface area contributed by atoms with Crippen LogP contribution < -0.4 is 9.47 Å². The third-order valence-electron chi connectivity index (χ3n) is 3.81. The molecule has 2 N–H and O–H groups in total. The lowest BCUT2D eigenvalue weighted by molar-refractivity contribution is -0.274. The number of rotatable bonds is 5. The minimum Gasteiger partial charge on any atom is -0.496 e. The zero-order valence-electron chi connectivity index (χ0n) is 13.6. The largest absolute Gasteiger partial charge is 0.573 e. The molecular formula is C18H14F3NO4. The van der Waals surface area contributed by atoms with Gasteiger partial charge in [-0.3, -0.25) is 4.79 Å². The van der Waals surface area contributed by atoms with Crippen LogP contribution in [0.3, 0.4) is 0 Å². The maximum atomic E-state index is 12.5. The molecule has 0 saturated heterocycles. The van der Waals surface area contributed by atoms with E-state index in [2.05, 4.69) is 9.72 Å². The molecular weight excluding hydrogens is 351 g/mol. The van der Waals surface area contributed by atoms with Crippen molar-refractivity contribution in [2.75, 3.05) is 7.11 Å². The monoisotopic (exact) mass is 365 g/mol. The molecule has 26 heavy (non-hydrogen) atoms. The van der Waals surface area contributed by atoms with Gasteiger partial charge in [-0.05, 0) is 35.4 Å². The molecule has 0 radical (unpaired) electrons. The first-order chi connectivity index (χ1) is 12.3. The quantitative estimate of drug-likeness (QED) is 0.704. The number of alkyl halides is 3. The SMILES string of the molecule is COc1ccc2[nH]cc(CC(=O)O)c2c1-c1cccc(OC(F)(F)F)c1. The van der Waals surface area contributed by atoms with Crippen molar-refractivity contribution < 1.29 is 32.5 Å². The molecule has 0 atom stereocenters. The highest BCUT2D eigenvalue weighted by Gasteiger charge is 2.31. The van der Waals surface area contributed by atoms with Crippen LogP contribution in [0.4, 0.5) is 13.2 Å². The maximum absolute atomic E-state index is 12.5. The van der Waals surface area contributed by atoms with Crippen LogP contribution in [0.1, 0.15) is 5.56 Å². The van der Waals surface area contributed by atoms with Gasteiger partial charge in [0.25, 0.3) is 0 Å². The summed E-state index contributed by atoms with van der Waals surface area (Å²) in [5, 5.41) is 9.69. The molecule has 0 aliphatic rings. The summed E-state index contributed by atoms with van der Waals surface area (Å²) >= 11 is 0. The Labute approximate surface area is 146 Å². The Kier molecular flexibility index (Phi) is 4.50. The Hall–Kier alpha value is -3.16. The molecule has 8 heteroatoms. The molecule has 136 valence electrons. The number of carboxylic acids is 1. The van der Waals surface area contributed by atoms with E-state index in [-0.39, 0.29) is 12.2 Å². The number of aromatic amines is 1. The standard InChI is InChI=1S/C18H14F3NO4/c1-25-14-6-5-13-16(11(9-22-13)8-15(23)24)17(14)10-3-2-4-12(7-10)26-18(19,20)21/h2-7,9,22H,8H2,1H3,(H,23,24). The molecule has 0 unspecified atom stereocenters. The molecule has 0 aliphatic heterocycles. The Morgan fingerprint density at radius 3 is 2.65 bits per heavy atom. The van der Waals surface area contributed by atoms with E-state index in [1.807, 2.05) is 0 Å². The molecule has 0 fully saturated rings. The summed E-state index contributed by atoms with van der Waals surface area (Å²) in [6, 6.07) is 8.85. The topological polar surface area (TPSA) is 71.6 Å². The average Bonchev–Trinajstić information content (AvgIpc) is 2.95. The smallest absolute Gasteiger partial charge is 0.496 e. The van der Waals surface area contributed by atoms with Gasteiger partial charge in [0.1, 0.15) is 11.5 Å². The van der Waals surface area contributed by atoms with E-state index < -0.39 is 12.3 Å². The first kappa shape index (κ1) is 17.7. The van der Waals surface area contributed by atoms with Crippen molar-refractivity contribution in [3.05, 3.63) is 48.2 Å². The predicted octanol–water partition coefficient (Wildman–Crippen LogP) is 4.37. The van der Waals surface area contributed by atoms with E-state index in [4.69, 9.17) is 9.84 Å². The molecule has 0 spiro atoms. The Balaban J connectivity index is 2.21. The number of nitrogens with one attached hydrogen (secondary N) is 1. The Morgan fingerprint density at radius 2 is 2.00 bits per heavy atom. The van der Waals surface area contributed by atoms with Gasteiger partial charge in [0.2, 0.25) is 0 Å². The lowest BCUT2D eigenvalue weighted by atomic mass is 9.97. The maximum Gasteiger partial charge on any atom is 0.573 e. The summed E-state index contributed by atoms with van der Waals surface area (Å²) in [4.78, 5) is 14.1. The van der Waals surface area contributed by atoms with Crippen molar-refractivity contribution in [1.82, 2.24) is 4.98 Å². The van der Waals surface area contributed by atoms with Crippen LogP contribution in [0.25, 0.3) is 22.0 Å². The molecule has 0 saturated carbocycles. The molecule has 3 aromatic rings. The molecule has 0 amide bonds. The zero-order chi connectivity index (χ0) is 18.9. The summed E-state index contributed by atoms with van der Waals surface area (Å²) < 4.78 is 46.9. The predicted molar refractivity (Wildman–Crippen MR) is 88.3 cm³/mol. The van der Waals surface area contributed by atoms with Crippen LogP contribution in [0, 0.1) is 0 Å². The minimum atomic E-state index is -4.81. The first-order valence-electron chi connectivity index (χ1n) is 7.53. The number of fused-ring (bicyclic) bond motifs is 1. The van der Waals surface area contributed by atoms with Crippen molar-refractivity contribution in [3.8, 4) is 22.6 Å². The van der Waals surface area contributed by atoms with Crippen molar-refractivity contribution in [3.63, 3.8) is 0 Å². The molecule has 1 aromatic heterocycles. The van der Waals surface area contributed by atoms with Crippen molar-refractivity contribution in [2.24, 2.45) is 0 Å². The summed E-state index contributed by atoms with van der Waals surface area (Å²) in [5.41, 5.74) is 2.07. The van der Waals surface area contributed by atoms with Crippen molar-refractivity contribution >= 4 is 16.9 Å². The minimum absolute atomic E-state index is 0.237. The number of methoxy groups -OCH3 is 1. The van der Waals surface area contributed by atoms with Crippen LogP contribution in [0.2, 0.25) is 0 Å². The first-order valence-corrected chi connectivity index (χ1v) is 7.53. The number of aromatic nitrogens is 1. The van der Waals surface area contributed by atoms with E-state index in [1.165, 1.54) is 25.3 Å². The number of aliphatic carboxylic acids is 1. The third-order valence-corrected chi connectivity index (χ3v) is 3.81. The van der Waals surface area contributed by atoms with Gasteiger partial charge >= 0.3 is 12.3 Å². The second kappa shape index (κ2) is 6.62. The van der Waals surface area contributed by atoms with Gasteiger partial charge in [-0.15, -0.1) is 13.2 Å². The van der Waals surface area contributed by atoms with Crippen molar-refractivity contribution in [2.45, 2.75) is 12.8 Å². The Morgan fingerprint density at radius 1 is 1.23 bits per heavy atom. The van der Waals surface area contributed by atoms with Gasteiger partial charge in [0.05, 0.1) is 13.5 Å². The second-order valence-electron chi connectivity index (χ2n) is 5.53. The summed E-state index contributed by atoms with van der Waals surface area (Å²) in [6.07, 6.45) is -3.48. The van der Waals surface area contributed by atoms with E-state index in [9.17, 15) is 18.0 Å². The van der Waals surface area contributed by atoms with Crippen LogP contribution in [-0.2, 0) is 11.2 Å². The number of carboxylic acid groups (broad SMARTS) is 1. The average molecular weight is 365 g/mol. The molecule has 0 bridgehead atoms. The van der Waals surface area contributed by atoms with Gasteiger partial charge < -0.3 is 19.6 Å². The van der Waals surface area contributed by atoms with Crippen LogP contribution in [0.5, 0.6) is 11.5 Å². The molecule has 3 rings (SSSR count). The van der Waals surface area contributed by atoms with Crippen LogP contribution in [0.15, 0.2) is 42.6 Å². The summed E-state index contributed by atoms with van der Waals surface area (Å²) in [6.45, 7) is 0.